The molecule has 0 aliphatic heterocycles. The molecule has 0 aliphatic rings. The first-order valence-corrected chi connectivity index (χ1v) is 5.80. The molecule has 86 valence electrons. The number of allylic oxidation sites excluding steroid dienone is 2. The van der Waals surface area contributed by atoms with Gasteiger partial charge in [0.15, 0.2) is 0 Å². The Morgan fingerprint density at radius 3 is 2.69 bits per heavy atom. The van der Waals surface area contributed by atoms with E-state index in [1.165, 1.54) is 0 Å². The Labute approximate surface area is 106 Å². The first-order chi connectivity index (χ1) is 7.69. The minimum Gasteiger partial charge on any atom is -0.383 e. The monoisotopic (exact) mass is 256 g/mol. The van der Waals surface area contributed by atoms with E-state index in [2.05, 4.69) is 17.0 Å². The zero-order valence-electron chi connectivity index (χ0n) is 9.13. The molecule has 16 heavy (non-hydrogen) atoms. The molecule has 0 atom stereocenters. The molecule has 0 bridgehead atoms. The van der Waals surface area contributed by atoms with Crippen molar-refractivity contribution in [2.45, 2.75) is 13.5 Å². The summed E-state index contributed by atoms with van der Waals surface area (Å²) in [4.78, 5) is 3.84. The summed E-state index contributed by atoms with van der Waals surface area (Å²) < 4.78 is 0. The molecule has 2 nitrogen and oxygen atoms in total. The maximum Gasteiger partial charge on any atom is 0.0729 e. The van der Waals surface area contributed by atoms with Gasteiger partial charge < -0.3 is 5.32 Å². The molecule has 0 aliphatic carbocycles. The summed E-state index contributed by atoms with van der Waals surface area (Å²) in [7, 11) is 0. The van der Waals surface area contributed by atoms with Crippen molar-refractivity contribution in [3.05, 3.63) is 46.2 Å². The molecule has 0 aromatic heterocycles. The predicted molar refractivity (Wildman–Crippen MR) is 71.3 cm³/mol. The van der Waals surface area contributed by atoms with Crippen LogP contribution in [0, 0.1) is 0 Å². The van der Waals surface area contributed by atoms with Crippen LogP contribution < -0.4 is 5.32 Å². The van der Waals surface area contributed by atoms with Crippen molar-refractivity contribution in [1.82, 2.24) is 5.32 Å². The van der Waals surface area contributed by atoms with Gasteiger partial charge in [-0.25, -0.2) is 0 Å². The van der Waals surface area contributed by atoms with Gasteiger partial charge in [-0.1, -0.05) is 29.8 Å². The Bertz CT molecular complexity index is 400. The van der Waals surface area contributed by atoms with Crippen LogP contribution in [0.25, 0.3) is 0 Å². The van der Waals surface area contributed by atoms with E-state index in [0.717, 1.165) is 22.0 Å². The molecule has 0 saturated carbocycles. The summed E-state index contributed by atoms with van der Waals surface area (Å²) in [6.45, 7) is 6.04. The highest BCUT2D eigenvalue weighted by Crippen LogP contribution is 2.15. The van der Waals surface area contributed by atoms with E-state index in [4.69, 9.17) is 23.2 Å². The van der Waals surface area contributed by atoms with Crippen LogP contribution in [0.4, 0.5) is 0 Å². The third-order valence-corrected chi connectivity index (χ3v) is 2.87. The number of alkyl halides is 1. The lowest BCUT2D eigenvalue weighted by molar-refractivity contribution is 0.797. The summed E-state index contributed by atoms with van der Waals surface area (Å²) in [5.41, 5.74) is 2.72. The molecule has 0 spiro atoms. The highest BCUT2D eigenvalue weighted by Gasteiger charge is 2.01. The molecular formula is C12H14Cl2N2. The number of halogens is 2. The average Bonchev–Trinajstić information content (AvgIpc) is 2.29. The zero-order valence-corrected chi connectivity index (χ0v) is 10.6. The molecule has 1 rings (SSSR count). The van der Waals surface area contributed by atoms with Gasteiger partial charge in [-0.2, -0.15) is 0 Å². The summed E-state index contributed by atoms with van der Waals surface area (Å²) in [6.07, 6.45) is 0. The molecule has 0 saturated heterocycles. The Morgan fingerprint density at radius 1 is 1.44 bits per heavy atom. The van der Waals surface area contributed by atoms with Crippen LogP contribution in [0.2, 0.25) is 5.02 Å². The smallest absolute Gasteiger partial charge is 0.0729 e. The largest absolute Gasteiger partial charge is 0.383 e. The standard InChI is InChI=1S/C12H14Cl2N2/c1-9(12(7-13)15-2)16-8-10-5-3-4-6-11(10)14/h3-6,16H,2,7-8H2,1H3/b12-9-. The zero-order chi connectivity index (χ0) is 12.0. The van der Waals surface area contributed by atoms with E-state index in [-0.39, 0.29) is 0 Å². The van der Waals surface area contributed by atoms with Gasteiger partial charge in [-0.05, 0) is 25.3 Å². The number of nitrogens with zero attached hydrogens (tertiary/aromatic N) is 1. The van der Waals surface area contributed by atoms with Crippen molar-refractivity contribution in [2.75, 3.05) is 5.88 Å². The van der Waals surface area contributed by atoms with E-state index in [1.54, 1.807) is 0 Å². The first-order valence-electron chi connectivity index (χ1n) is 4.88. The van der Waals surface area contributed by atoms with Gasteiger partial charge in [-0.15, -0.1) is 11.6 Å². The van der Waals surface area contributed by atoms with Gasteiger partial charge in [0.05, 0.1) is 11.6 Å². The topological polar surface area (TPSA) is 24.4 Å². The fourth-order valence-corrected chi connectivity index (χ4v) is 1.72. The number of rotatable bonds is 5. The molecule has 0 heterocycles. The molecule has 0 fully saturated rings. The number of nitrogens with one attached hydrogen (secondary N) is 1. The number of hydrogen-bond acceptors (Lipinski definition) is 2. The van der Waals surface area contributed by atoms with Crippen molar-refractivity contribution in [1.29, 1.82) is 0 Å². The highest BCUT2D eigenvalue weighted by atomic mass is 35.5. The summed E-state index contributed by atoms with van der Waals surface area (Å²) >= 11 is 11.8. The van der Waals surface area contributed by atoms with Gasteiger partial charge >= 0.3 is 0 Å². The first kappa shape index (κ1) is 13.1. The van der Waals surface area contributed by atoms with Crippen LogP contribution in [-0.4, -0.2) is 12.6 Å². The Hall–Kier alpha value is -0.990. The molecule has 1 N–H and O–H groups in total. The normalized spacial score (nSPS) is 11.9. The minimum absolute atomic E-state index is 0.352. The third kappa shape index (κ3) is 3.54. The number of benzene rings is 1. The van der Waals surface area contributed by atoms with Crippen LogP contribution >= 0.6 is 23.2 Å². The van der Waals surface area contributed by atoms with Gasteiger partial charge in [0.25, 0.3) is 0 Å². The van der Waals surface area contributed by atoms with Gasteiger partial charge in [-0.3, -0.25) is 4.99 Å². The Balaban J connectivity index is 2.68. The second kappa shape index (κ2) is 6.56. The van der Waals surface area contributed by atoms with E-state index in [9.17, 15) is 0 Å². The van der Waals surface area contributed by atoms with Gasteiger partial charge in [0.1, 0.15) is 0 Å². The van der Waals surface area contributed by atoms with Crippen LogP contribution in [0.3, 0.4) is 0 Å². The second-order valence-electron chi connectivity index (χ2n) is 3.31. The maximum absolute atomic E-state index is 6.04. The molecule has 1 aromatic carbocycles. The summed E-state index contributed by atoms with van der Waals surface area (Å²) in [5, 5.41) is 3.97. The lowest BCUT2D eigenvalue weighted by Crippen LogP contribution is -2.13. The van der Waals surface area contributed by atoms with E-state index >= 15 is 0 Å². The summed E-state index contributed by atoms with van der Waals surface area (Å²) in [6, 6.07) is 7.70. The van der Waals surface area contributed by atoms with Crippen molar-refractivity contribution < 1.29 is 0 Å². The van der Waals surface area contributed by atoms with Crippen molar-refractivity contribution >= 4 is 29.9 Å². The molecule has 0 unspecified atom stereocenters. The van der Waals surface area contributed by atoms with Gasteiger partial charge in [0, 0.05) is 17.3 Å². The van der Waals surface area contributed by atoms with Crippen molar-refractivity contribution in [2.24, 2.45) is 4.99 Å². The summed E-state index contributed by atoms with van der Waals surface area (Å²) in [5.74, 6) is 0.352. The van der Waals surface area contributed by atoms with Crippen molar-refractivity contribution in [3.8, 4) is 0 Å². The minimum atomic E-state index is 0.352. The van der Waals surface area contributed by atoms with Crippen molar-refractivity contribution in [3.63, 3.8) is 0 Å². The lowest BCUT2D eigenvalue weighted by atomic mass is 10.2. The third-order valence-electron chi connectivity index (χ3n) is 2.25. The maximum atomic E-state index is 6.04. The predicted octanol–water partition coefficient (Wildman–Crippen LogP) is 3.60. The van der Waals surface area contributed by atoms with E-state index in [1.807, 2.05) is 31.2 Å². The molecule has 4 heteroatoms. The Kier molecular flexibility index (Phi) is 5.36. The molecule has 0 amide bonds. The van der Waals surface area contributed by atoms with E-state index < -0.39 is 0 Å². The quantitative estimate of drug-likeness (QED) is 0.632. The van der Waals surface area contributed by atoms with Crippen LogP contribution in [0.1, 0.15) is 12.5 Å². The molecule has 0 radical (unpaired) electrons. The van der Waals surface area contributed by atoms with Crippen LogP contribution in [0.15, 0.2) is 40.7 Å². The Morgan fingerprint density at radius 2 is 2.12 bits per heavy atom. The molecular weight excluding hydrogens is 243 g/mol. The fraction of sp³-hybridized carbons (Fsp3) is 0.250. The second-order valence-corrected chi connectivity index (χ2v) is 3.98. The van der Waals surface area contributed by atoms with E-state index in [0.29, 0.717) is 12.4 Å². The lowest BCUT2D eigenvalue weighted by Gasteiger charge is -2.10. The number of aliphatic imine (C=N–C) groups is 1. The van der Waals surface area contributed by atoms with Crippen LogP contribution in [0.5, 0.6) is 0 Å². The van der Waals surface area contributed by atoms with Gasteiger partial charge in [0.2, 0.25) is 0 Å². The SMILES string of the molecule is C=N/C(CCl)=C(/C)NCc1ccccc1Cl. The number of hydrogen-bond donors (Lipinski definition) is 1. The van der Waals surface area contributed by atoms with Crippen LogP contribution in [-0.2, 0) is 6.54 Å². The highest BCUT2D eigenvalue weighted by molar-refractivity contribution is 6.31. The molecule has 1 aromatic rings. The fourth-order valence-electron chi connectivity index (χ4n) is 1.23. The average molecular weight is 257 g/mol.